The van der Waals surface area contributed by atoms with Crippen molar-refractivity contribution in [1.29, 1.82) is 0 Å². The highest BCUT2D eigenvalue weighted by atomic mass is 16.5. The number of nitrogens with one attached hydrogen (secondary N) is 2. The van der Waals surface area contributed by atoms with Gasteiger partial charge in [0.25, 0.3) is 0 Å². The number of urea groups is 2. The number of amides is 4. The van der Waals surface area contributed by atoms with E-state index in [4.69, 9.17) is 9.47 Å². The number of ether oxygens (including phenoxy) is 2. The zero-order valence-electron chi connectivity index (χ0n) is 20.5. The van der Waals surface area contributed by atoms with E-state index in [-0.39, 0.29) is 25.3 Å². The summed E-state index contributed by atoms with van der Waals surface area (Å²) in [5, 5.41) is 5.52. The molecule has 0 saturated heterocycles. The van der Waals surface area contributed by atoms with Crippen LogP contribution in [0.4, 0.5) is 21.0 Å². The van der Waals surface area contributed by atoms with Gasteiger partial charge < -0.3 is 29.9 Å². The predicted molar refractivity (Wildman–Crippen MR) is 136 cm³/mol. The van der Waals surface area contributed by atoms with E-state index >= 15 is 0 Å². The number of esters is 2. The molecule has 0 atom stereocenters. The van der Waals surface area contributed by atoms with Gasteiger partial charge in [0.2, 0.25) is 0 Å². The zero-order chi connectivity index (χ0) is 26.2. The molecule has 10 heteroatoms. The molecule has 0 unspecified atom stereocenters. The Labute approximate surface area is 210 Å². The van der Waals surface area contributed by atoms with E-state index in [1.807, 2.05) is 36.4 Å². The number of nitrogens with zero attached hydrogens (tertiary/aromatic N) is 2. The van der Waals surface area contributed by atoms with Crippen LogP contribution in [-0.2, 0) is 19.1 Å². The van der Waals surface area contributed by atoms with Crippen molar-refractivity contribution in [3.05, 3.63) is 72.8 Å². The lowest BCUT2D eigenvalue weighted by atomic mass is 10.3. The van der Waals surface area contributed by atoms with Gasteiger partial charge in [0.15, 0.2) is 0 Å². The molecule has 0 fully saturated rings. The number of rotatable bonds is 12. The first kappa shape index (κ1) is 27.9. The second kappa shape index (κ2) is 15.5. The Morgan fingerprint density at radius 2 is 1.03 bits per heavy atom. The Morgan fingerprint density at radius 1 is 0.667 bits per heavy atom. The van der Waals surface area contributed by atoms with Crippen molar-refractivity contribution in [3.8, 4) is 0 Å². The molecule has 0 radical (unpaired) electrons. The summed E-state index contributed by atoms with van der Waals surface area (Å²) in [5.41, 5.74) is 1.39. The van der Waals surface area contributed by atoms with Crippen molar-refractivity contribution in [3.63, 3.8) is 0 Å². The summed E-state index contributed by atoms with van der Waals surface area (Å²) in [4.78, 5) is 50.7. The maximum absolute atomic E-state index is 12.1. The fourth-order valence-corrected chi connectivity index (χ4v) is 2.87. The van der Waals surface area contributed by atoms with E-state index in [1.165, 1.54) is 9.80 Å². The number of carbonyl (C=O) groups is 4. The minimum Gasteiger partial charge on any atom is -0.462 e. The van der Waals surface area contributed by atoms with E-state index in [9.17, 15) is 19.2 Å². The van der Waals surface area contributed by atoms with Crippen molar-refractivity contribution in [1.82, 2.24) is 9.80 Å². The molecule has 2 N–H and O–H groups in total. The van der Waals surface area contributed by atoms with Gasteiger partial charge in [0.05, 0.1) is 13.2 Å². The van der Waals surface area contributed by atoms with Crippen molar-refractivity contribution >= 4 is 35.4 Å². The molecule has 0 aromatic heterocycles. The summed E-state index contributed by atoms with van der Waals surface area (Å²) < 4.78 is 10.1. The number of hydrogen-bond acceptors (Lipinski definition) is 6. The van der Waals surface area contributed by atoms with Gasteiger partial charge >= 0.3 is 24.0 Å². The normalized spacial score (nSPS) is 10.4. The topological polar surface area (TPSA) is 117 Å². The van der Waals surface area contributed by atoms with E-state index in [0.29, 0.717) is 37.3 Å². The number of carbonyl (C=O) groups excluding carboxylic acids is 4. The van der Waals surface area contributed by atoms with E-state index in [2.05, 4.69) is 10.6 Å². The maximum Gasteiger partial charge on any atom is 0.331 e. The fraction of sp³-hybridized carbons (Fsp3) is 0.308. The van der Waals surface area contributed by atoms with E-state index in [1.54, 1.807) is 38.4 Å². The molecule has 10 nitrogen and oxygen atoms in total. The van der Waals surface area contributed by atoms with E-state index < -0.39 is 11.9 Å². The summed E-state index contributed by atoms with van der Waals surface area (Å²) in [6.07, 6.45) is 2.86. The molecule has 192 valence electrons. The molecule has 0 saturated carbocycles. The molecule has 36 heavy (non-hydrogen) atoms. The van der Waals surface area contributed by atoms with Gasteiger partial charge in [-0.15, -0.1) is 0 Å². The van der Waals surface area contributed by atoms with Crippen LogP contribution in [0, 0.1) is 0 Å². The minimum atomic E-state index is -0.680. The lowest BCUT2D eigenvalue weighted by molar-refractivity contribution is -0.140. The van der Waals surface area contributed by atoms with Gasteiger partial charge in [-0.3, -0.25) is 0 Å². The van der Waals surface area contributed by atoms with Gasteiger partial charge in [-0.2, -0.15) is 0 Å². The Bertz CT molecular complexity index is 932. The quantitative estimate of drug-likeness (QED) is 0.263. The largest absolute Gasteiger partial charge is 0.462 e. The molecule has 2 aromatic rings. The third-order valence-corrected chi connectivity index (χ3v) is 4.86. The zero-order valence-corrected chi connectivity index (χ0v) is 20.5. The number of para-hydroxylation sites is 2. The fourth-order valence-electron chi connectivity index (χ4n) is 2.87. The van der Waals surface area contributed by atoms with E-state index in [0.717, 1.165) is 12.2 Å². The number of anilines is 2. The first-order chi connectivity index (χ1) is 17.3. The molecular formula is C26H32N4O6. The average Bonchev–Trinajstić information content (AvgIpc) is 2.88. The van der Waals surface area contributed by atoms with Gasteiger partial charge in [-0.25, -0.2) is 19.2 Å². The summed E-state index contributed by atoms with van der Waals surface area (Å²) in [6.45, 7) is 0.960. The second-order valence-electron chi connectivity index (χ2n) is 7.81. The van der Waals surface area contributed by atoms with Crippen LogP contribution in [0.15, 0.2) is 72.8 Å². The highest BCUT2D eigenvalue weighted by Gasteiger charge is 2.10. The number of benzene rings is 2. The first-order valence-corrected chi connectivity index (χ1v) is 11.5. The molecule has 2 aromatic carbocycles. The van der Waals surface area contributed by atoms with Crippen LogP contribution in [0.2, 0.25) is 0 Å². The van der Waals surface area contributed by atoms with Crippen LogP contribution in [0.5, 0.6) is 0 Å². The van der Waals surface area contributed by atoms with Gasteiger partial charge in [-0.1, -0.05) is 36.4 Å². The smallest absolute Gasteiger partial charge is 0.331 e. The molecule has 0 bridgehead atoms. The lowest BCUT2D eigenvalue weighted by Crippen LogP contribution is -2.32. The van der Waals surface area contributed by atoms with Gasteiger partial charge in [0.1, 0.15) is 0 Å². The third-order valence-electron chi connectivity index (χ3n) is 4.86. The van der Waals surface area contributed by atoms with Crippen LogP contribution >= 0.6 is 0 Å². The number of hydrogen-bond donors (Lipinski definition) is 2. The molecule has 0 aliphatic carbocycles. The van der Waals surface area contributed by atoms with Crippen LogP contribution < -0.4 is 10.6 Å². The average molecular weight is 497 g/mol. The molecule has 0 aliphatic rings. The monoisotopic (exact) mass is 496 g/mol. The van der Waals surface area contributed by atoms with Crippen LogP contribution in [-0.4, -0.2) is 74.2 Å². The van der Waals surface area contributed by atoms with Crippen molar-refractivity contribution in [2.45, 2.75) is 12.8 Å². The Morgan fingerprint density at radius 3 is 1.39 bits per heavy atom. The summed E-state index contributed by atoms with van der Waals surface area (Å²) in [5.74, 6) is -1.36. The lowest BCUT2D eigenvalue weighted by Gasteiger charge is -2.17. The minimum absolute atomic E-state index is 0.0958. The first-order valence-electron chi connectivity index (χ1n) is 11.5. The summed E-state index contributed by atoms with van der Waals surface area (Å²) in [7, 11) is 3.28. The second-order valence-corrected chi connectivity index (χ2v) is 7.81. The van der Waals surface area contributed by atoms with Crippen LogP contribution in [0.25, 0.3) is 0 Å². The SMILES string of the molecule is CN(CCCOC(=O)/C=C/C(=O)OCCCN(C)C(=O)Nc1ccccc1)C(=O)Nc1ccccc1. The molecule has 0 heterocycles. The third kappa shape index (κ3) is 11.2. The maximum atomic E-state index is 12.1. The predicted octanol–water partition coefficient (Wildman–Crippen LogP) is 3.74. The van der Waals surface area contributed by atoms with Crippen LogP contribution in [0.1, 0.15) is 12.8 Å². The molecule has 0 spiro atoms. The van der Waals surface area contributed by atoms with Gasteiger partial charge in [-0.05, 0) is 37.1 Å². The molecular weight excluding hydrogens is 464 g/mol. The van der Waals surface area contributed by atoms with Crippen molar-refractivity contribution < 1.29 is 28.7 Å². The van der Waals surface area contributed by atoms with Crippen LogP contribution in [0.3, 0.4) is 0 Å². The van der Waals surface area contributed by atoms with Crippen molar-refractivity contribution in [2.75, 3.05) is 51.0 Å². The highest BCUT2D eigenvalue weighted by Crippen LogP contribution is 2.07. The highest BCUT2D eigenvalue weighted by molar-refractivity contribution is 5.92. The summed E-state index contributed by atoms with van der Waals surface area (Å²) >= 11 is 0. The Hall–Kier alpha value is -4.34. The standard InChI is InChI=1S/C26H32N4O6/c1-29(25(33)27-21-11-5-3-6-12-21)17-9-19-35-23(31)15-16-24(32)36-20-10-18-30(2)26(34)28-22-13-7-4-8-14-22/h3-8,11-16H,9-10,17-20H2,1-2H3,(H,27,33)(H,28,34)/b16-15+. The Balaban J connectivity index is 1.53. The molecule has 2 rings (SSSR count). The molecule has 4 amide bonds. The van der Waals surface area contributed by atoms with Gasteiger partial charge in [0, 0.05) is 50.7 Å². The van der Waals surface area contributed by atoms with Crippen molar-refractivity contribution in [2.24, 2.45) is 0 Å². The Kier molecular flexibility index (Phi) is 12.0. The molecule has 0 aliphatic heterocycles. The summed E-state index contributed by atoms with van der Waals surface area (Å²) in [6, 6.07) is 17.6.